The third kappa shape index (κ3) is 3.23. The molecule has 1 aromatic heterocycles. The van der Waals surface area contributed by atoms with Crippen molar-refractivity contribution in [3.63, 3.8) is 0 Å². The average Bonchev–Trinajstić information content (AvgIpc) is 3.22. The number of hydrazine groups is 1. The highest BCUT2D eigenvalue weighted by Crippen LogP contribution is 2.39. The molecule has 19 heavy (non-hydrogen) atoms. The summed E-state index contributed by atoms with van der Waals surface area (Å²) in [5, 5.41) is 3.10. The molecule has 1 aliphatic rings. The minimum Gasteiger partial charge on any atom is -0.347 e. The van der Waals surface area contributed by atoms with Gasteiger partial charge in [-0.1, -0.05) is 6.92 Å². The summed E-state index contributed by atoms with van der Waals surface area (Å²) in [7, 11) is 0. The topological polar surface area (TPSA) is 80.0 Å². The molecule has 1 aliphatic carbocycles. The molecule has 4 N–H and O–H groups in total. The molecule has 1 aromatic rings. The lowest BCUT2D eigenvalue weighted by atomic mass is 9.98. The zero-order chi connectivity index (χ0) is 14.0. The second-order valence-corrected chi connectivity index (χ2v) is 5.68. The zero-order valence-electron chi connectivity index (χ0n) is 11.8. The summed E-state index contributed by atoms with van der Waals surface area (Å²) in [4.78, 5) is 16.6. The number of carbonyl (C=O) groups is 1. The summed E-state index contributed by atoms with van der Waals surface area (Å²) in [5.41, 5.74) is 3.81. The van der Waals surface area contributed by atoms with Crippen LogP contribution in [0.2, 0.25) is 0 Å². The number of nitrogens with zero attached hydrogens (tertiary/aromatic N) is 1. The molecular weight excluding hydrogens is 240 g/mol. The van der Waals surface area contributed by atoms with Gasteiger partial charge in [-0.05, 0) is 51.2 Å². The average molecular weight is 262 g/mol. The van der Waals surface area contributed by atoms with Crippen LogP contribution < -0.4 is 16.6 Å². The number of aromatic nitrogens is 1. The fourth-order valence-corrected chi connectivity index (χ4v) is 2.25. The summed E-state index contributed by atoms with van der Waals surface area (Å²) in [6.07, 6.45) is 3.15. The third-order valence-corrected chi connectivity index (χ3v) is 3.68. The Balaban J connectivity index is 2.18. The number of aryl methyl sites for hydroxylation is 1. The van der Waals surface area contributed by atoms with Crippen LogP contribution in [0.5, 0.6) is 0 Å². The molecule has 5 heteroatoms. The van der Waals surface area contributed by atoms with Crippen molar-refractivity contribution in [1.82, 2.24) is 10.3 Å². The smallest absolute Gasteiger partial charge is 0.251 e. The normalized spacial score (nSPS) is 15.2. The first-order valence-corrected chi connectivity index (χ1v) is 6.76. The third-order valence-electron chi connectivity index (χ3n) is 3.68. The number of nitrogens with two attached hydrogens (primary N) is 1. The van der Waals surface area contributed by atoms with Crippen LogP contribution in [0, 0.1) is 5.92 Å². The maximum atomic E-state index is 12.3. The van der Waals surface area contributed by atoms with Gasteiger partial charge in [0, 0.05) is 16.8 Å². The highest BCUT2D eigenvalue weighted by Gasteiger charge is 2.38. The number of nitrogen functional groups attached to an aromatic ring is 1. The van der Waals surface area contributed by atoms with E-state index < -0.39 is 0 Å². The fourth-order valence-electron chi connectivity index (χ4n) is 2.25. The van der Waals surface area contributed by atoms with Crippen molar-refractivity contribution in [3.05, 3.63) is 23.4 Å². The molecule has 0 aromatic carbocycles. The summed E-state index contributed by atoms with van der Waals surface area (Å²) < 4.78 is 0. The molecule has 1 heterocycles. The number of hydrogen-bond donors (Lipinski definition) is 3. The summed E-state index contributed by atoms with van der Waals surface area (Å²) in [6, 6.07) is 3.50. The van der Waals surface area contributed by atoms with E-state index in [2.05, 4.69) is 29.6 Å². The van der Waals surface area contributed by atoms with Crippen molar-refractivity contribution in [2.24, 2.45) is 11.8 Å². The molecule has 0 atom stereocenters. The van der Waals surface area contributed by atoms with Gasteiger partial charge in [0.15, 0.2) is 0 Å². The van der Waals surface area contributed by atoms with Crippen molar-refractivity contribution < 1.29 is 4.79 Å². The van der Waals surface area contributed by atoms with E-state index in [-0.39, 0.29) is 11.4 Å². The van der Waals surface area contributed by atoms with Gasteiger partial charge < -0.3 is 10.7 Å². The molecule has 0 radical (unpaired) electrons. The van der Waals surface area contributed by atoms with E-state index in [0.29, 0.717) is 17.3 Å². The monoisotopic (exact) mass is 262 g/mol. The largest absolute Gasteiger partial charge is 0.347 e. The lowest BCUT2D eigenvalue weighted by Crippen LogP contribution is -2.45. The van der Waals surface area contributed by atoms with E-state index in [9.17, 15) is 4.79 Å². The van der Waals surface area contributed by atoms with Crippen LogP contribution in [0.3, 0.4) is 0 Å². The number of anilines is 1. The fraction of sp³-hybridized carbons (Fsp3) is 0.571. The summed E-state index contributed by atoms with van der Waals surface area (Å²) in [6.45, 7) is 6.15. The second kappa shape index (κ2) is 5.17. The van der Waals surface area contributed by atoms with Gasteiger partial charge in [-0.25, -0.2) is 10.8 Å². The van der Waals surface area contributed by atoms with Crippen molar-refractivity contribution >= 4 is 11.7 Å². The molecule has 0 aliphatic heterocycles. The first-order valence-electron chi connectivity index (χ1n) is 6.76. The molecule has 0 bridgehead atoms. The minimum atomic E-state index is -0.150. The van der Waals surface area contributed by atoms with E-state index >= 15 is 0 Å². The van der Waals surface area contributed by atoms with Gasteiger partial charge >= 0.3 is 0 Å². The van der Waals surface area contributed by atoms with Gasteiger partial charge in [0.1, 0.15) is 5.82 Å². The van der Waals surface area contributed by atoms with Crippen LogP contribution in [0.4, 0.5) is 5.82 Å². The van der Waals surface area contributed by atoms with E-state index in [1.165, 1.54) is 12.8 Å². The van der Waals surface area contributed by atoms with Crippen LogP contribution in [-0.2, 0) is 6.42 Å². The van der Waals surface area contributed by atoms with E-state index in [1.807, 2.05) is 13.0 Å². The molecule has 0 unspecified atom stereocenters. The van der Waals surface area contributed by atoms with Crippen molar-refractivity contribution in [2.75, 3.05) is 5.43 Å². The Morgan fingerprint density at radius 1 is 1.47 bits per heavy atom. The van der Waals surface area contributed by atoms with Crippen molar-refractivity contribution in [2.45, 2.75) is 45.6 Å². The molecule has 2 rings (SSSR count). The van der Waals surface area contributed by atoms with Crippen LogP contribution in [0.15, 0.2) is 12.1 Å². The summed E-state index contributed by atoms with van der Waals surface area (Å²) >= 11 is 0. The predicted molar refractivity (Wildman–Crippen MR) is 75.7 cm³/mol. The Kier molecular flexibility index (Phi) is 3.75. The van der Waals surface area contributed by atoms with Gasteiger partial charge in [-0.15, -0.1) is 0 Å². The van der Waals surface area contributed by atoms with E-state index in [1.54, 1.807) is 6.07 Å². The molecule has 104 valence electrons. The Morgan fingerprint density at radius 2 is 2.16 bits per heavy atom. The standard InChI is InChI=1S/C14H22N4O/c1-4-11-7-9(8-12(16-11)18-15)13(19)17-14(2,3)10-5-6-10/h7-8,10H,4-6,15H2,1-3H3,(H,16,18)(H,17,19). The number of rotatable bonds is 5. The lowest BCUT2D eigenvalue weighted by Gasteiger charge is -2.26. The molecule has 1 saturated carbocycles. The molecule has 0 saturated heterocycles. The van der Waals surface area contributed by atoms with Gasteiger partial charge in [-0.3, -0.25) is 4.79 Å². The van der Waals surface area contributed by atoms with E-state index in [4.69, 9.17) is 5.84 Å². The summed E-state index contributed by atoms with van der Waals surface area (Å²) in [5.74, 6) is 6.43. The van der Waals surface area contributed by atoms with Gasteiger partial charge in [0.05, 0.1) is 0 Å². The predicted octanol–water partition coefficient (Wildman–Crippen LogP) is 1.85. The van der Waals surface area contributed by atoms with Crippen LogP contribution >= 0.6 is 0 Å². The highest BCUT2D eigenvalue weighted by atomic mass is 16.1. The van der Waals surface area contributed by atoms with Gasteiger partial charge in [0.25, 0.3) is 5.91 Å². The minimum absolute atomic E-state index is 0.0644. The molecule has 1 amide bonds. The first-order chi connectivity index (χ1) is 8.96. The van der Waals surface area contributed by atoms with Crippen LogP contribution in [-0.4, -0.2) is 16.4 Å². The number of amides is 1. The number of pyridine rings is 1. The SMILES string of the molecule is CCc1cc(C(=O)NC(C)(C)C2CC2)cc(NN)n1. The maximum absolute atomic E-state index is 12.3. The Bertz CT molecular complexity index is 458. The number of hydrogen-bond acceptors (Lipinski definition) is 4. The zero-order valence-corrected chi connectivity index (χ0v) is 11.8. The highest BCUT2D eigenvalue weighted by molar-refractivity contribution is 5.95. The molecule has 0 spiro atoms. The van der Waals surface area contributed by atoms with Gasteiger partial charge in [0.2, 0.25) is 0 Å². The lowest BCUT2D eigenvalue weighted by molar-refractivity contribution is 0.0903. The van der Waals surface area contributed by atoms with Crippen molar-refractivity contribution in [1.29, 1.82) is 0 Å². The number of carbonyl (C=O) groups excluding carboxylic acids is 1. The Hall–Kier alpha value is -1.62. The molecular formula is C14H22N4O. The Morgan fingerprint density at radius 3 is 2.68 bits per heavy atom. The van der Waals surface area contributed by atoms with E-state index in [0.717, 1.165) is 12.1 Å². The van der Waals surface area contributed by atoms with Crippen molar-refractivity contribution in [3.8, 4) is 0 Å². The second-order valence-electron chi connectivity index (χ2n) is 5.68. The Labute approximate surface area is 114 Å². The quantitative estimate of drug-likeness (QED) is 0.559. The van der Waals surface area contributed by atoms with Crippen LogP contribution in [0.25, 0.3) is 0 Å². The molecule has 5 nitrogen and oxygen atoms in total. The number of nitrogens with one attached hydrogen (secondary N) is 2. The maximum Gasteiger partial charge on any atom is 0.251 e. The molecule has 1 fully saturated rings. The first kappa shape index (κ1) is 13.8. The van der Waals surface area contributed by atoms with Crippen LogP contribution in [0.1, 0.15) is 49.7 Å². The van der Waals surface area contributed by atoms with Gasteiger partial charge in [-0.2, -0.15) is 0 Å².